The van der Waals surface area contributed by atoms with Crippen molar-refractivity contribution in [1.82, 2.24) is 15.1 Å². The summed E-state index contributed by atoms with van der Waals surface area (Å²) < 4.78 is 5.86. The first-order chi connectivity index (χ1) is 13.0. The third-order valence-electron chi connectivity index (χ3n) is 4.32. The van der Waals surface area contributed by atoms with Gasteiger partial charge >= 0.3 is 0 Å². The maximum atomic E-state index is 12.3. The van der Waals surface area contributed by atoms with Gasteiger partial charge in [0.05, 0.1) is 12.9 Å². The molecular weight excluding hydrogens is 386 g/mol. The van der Waals surface area contributed by atoms with Crippen molar-refractivity contribution in [3.8, 4) is 5.75 Å². The van der Waals surface area contributed by atoms with E-state index in [0.29, 0.717) is 36.8 Å². The molecule has 10 heteroatoms. The Hall–Kier alpha value is -2.33. The molecule has 144 valence electrons. The Bertz CT molecular complexity index is 788. The second kappa shape index (κ2) is 9.05. The fourth-order valence-corrected chi connectivity index (χ4v) is 4.42. The number of aromatic nitrogens is 2. The number of amides is 2. The third kappa shape index (κ3) is 5.33. The number of carbonyl (C=O) groups is 2. The average Bonchev–Trinajstić information content (AvgIpc) is 3.14. The van der Waals surface area contributed by atoms with E-state index < -0.39 is 0 Å². The van der Waals surface area contributed by atoms with Crippen LogP contribution in [0.2, 0.25) is 0 Å². The van der Waals surface area contributed by atoms with Crippen molar-refractivity contribution >= 4 is 45.7 Å². The number of anilines is 2. The van der Waals surface area contributed by atoms with E-state index in [9.17, 15) is 9.59 Å². The van der Waals surface area contributed by atoms with E-state index in [0.717, 1.165) is 15.8 Å². The molecule has 0 bridgehead atoms. The van der Waals surface area contributed by atoms with E-state index >= 15 is 0 Å². The standard InChI is InChI=1S/C17H21N5O3S2/c1-25-13-4-2-12(3-5-13)19-16-20-21-17(27-16)26-10-14(23)22-8-6-11(7-9-22)15(18)24/h2-5,11H,6-10H2,1H3,(H2,18,24)(H,19,20). The van der Waals surface area contributed by atoms with E-state index in [-0.39, 0.29) is 17.7 Å². The molecule has 1 aliphatic heterocycles. The highest BCUT2D eigenvalue weighted by atomic mass is 32.2. The molecule has 1 aromatic carbocycles. The number of benzene rings is 1. The molecule has 8 nitrogen and oxygen atoms in total. The summed E-state index contributed by atoms with van der Waals surface area (Å²) in [6, 6.07) is 7.51. The number of hydrogen-bond acceptors (Lipinski definition) is 8. The van der Waals surface area contributed by atoms with Gasteiger partial charge in [0.15, 0.2) is 4.34 Å². The lowest BCUT2D eigenvalue weighted by Gasteiger charge is -2.30. The Morgan fingerprint density at radius 1 is 1.30 bits per heavy atom. The molecule has 0 atom stereocenters. The van der Waals surface area contributed by atoms with E-state index in [1.807, 2.05) is 24.3 Å². The van der Waals surface area contributed by atoms with E-state index in [1.165, 1.54) is 23.1 Å². The molecule has 0 radical (unpaired) electrons. The van der Waals surface area contributed by atoms with Gasteiger partial charge in [-0.1, -0.05) is 23.1 Å². The lowest BCUT2D eigenvalue weighted by Crippen LogP contribution is -2.42. The summed E-state index contributed by atoms with van der Waals surface area (Å²) >= 11 is 2.77. The highest BCUT2D eigenvalue weighted by molar-refractivity contribution is 8.01. The van der Waals surface area contributed by atoms with Gasteiger partial charge in [-0.25, -0.2) is 0 Å². The third-order valence-corrected chi connectivity index (χ3v) is 6.27. The van der Waals surface area contributed by atoms with Gasteiger partial charge < -0.3 is 20.7 Å². The molecule has 1 aliphatic rings. The number of ether oxygens (including phenoxy) is 1. The Kier molecular flexibility index (Phi) is 6.51. The van der Waals surface area contributed by atoms with Crippen LogP contribution in [0, 0.1) is 5.92 Å². The molecule has 0 spiro atoms. The quantitative estimate of drug-likeness (QED) is 0.676. The molecule has 1 fully saturated rings. The topological polar surface area (TPSA) is 110 Å². The summed E-state index contributed by atoms with van der Waals surface area (Å²) in [5.74, 6) is 0.743. The minimum Gasteiger partial charge on any atom is -0.497 e. The lowest BCUT2D eigenvalue weighted by molar-refractivity contribution is -0.132. The number of nitrogens with two attached hydrogens (primary N) is 1. The van der Waals surface area contributed by atoms with E-state index in [2.05, 4.69) is 15.5 Å². The first kappa shape index (κ1) is 19.4. The summed E-state index contributed by atoms with van der Waals surface area (Å²) in [5, 5.41) is 12.1. The number of primary amides is 1. The Morgan fingerprint density at radius 2 is 2.00 bits per heavy atom. The monoisotopic (exact) mass is 407 g/mol. The molecule has 1 aromatic heterocycles. The average molecular weight is 408 g/mol. The minimum atomic E-state index is -0.276. The van der Waals surface area contributed by atoms with Gasteiger partial charge in [-0.05, 0) is 37.1 Å². The molecule has 0 saturated carbocycles. The molecule has 3 N–H and O–H groups in total. The minimum absolute atomic E-state index is 0.0442. The van der Waals surface area contributed by atoms with Crippen LogP contribution in [0.25, 0.3) is 0 Å². The molecule has 27 heavy (non-hydrogen) atoms. The predicted octanol–water partition coefficient (Wildman–Crippen LogP) is 2.11. The molecule has 2 aromatic rings. The zero-order chi connectivity index (χ0) is 19.2. The normalized spacial score (nSPS) is 14.8. The van der Waals surface area contributed by atoms with Gasteiger partial charge in [0.2, 0.25) is 16.9 Å². The van der Waals surface area contributed by atoms with Crippen molar-refractivity contribution in [3.63, 3.8) is 0 Å². The molecular formula is C17H21N5O3S2. The molecule has 0 unspecified atom stereocenters. The lowest BCUT2D eigenvalue weighted by atomic mass is 9.96. The van der Waals surface area contributed by atoms with Gasteiger partial charge in [-0.3, -0.25) is 9.59 Å². The van der Waals surface area contributed by atoms with Crippen molar-refractivity contribution in [2.45, 2.75) is 17.2 Å². The van der Waals surface area contributed by atoms with E-state index in [4.69, 9.17) is 10.5 Å². The zero-order valence-corrected chi connectivity index (χ0v) is 16.5. The zero-order valence-electron chi connectivity index (χ0n) is 14.9. The highest BCUT2D eigenvalue weighted by Crippen LogP contribution is 2.28. The van der Waals surface area contributed by atoms with Crippen molar-refractivity contribution in [3.05, 3.63) is 24.3 Å². The van der Waals surface area contributed by atoms with Gasteiger partial charge in [0.25, 0.3) is 0 Å². The molecule has 2 heterocycles. The fraction of sp³-hybridized carbons (Fsp3) is 0.412. The van der Waals surface area contributed by atoms with Crippen LogP contribution >= 0.6 is 23.1 Å². The van der Waals surface area contributed by atoms with Crippen LogP contribution in [-0.4, -0.2) is 52.9 Å². The Balaban J connectivity index is 1.46. The summed E-state index contributed by atoms with van der Waals surface area (Å²) in [7, 11) is 1.62. The van der Waals surface area contributed by atoms with Crippen LogP contribution in [-0.2, 0) is 9.59 Å². The predicted molar refractivity (Wildman–Crippen MR) is 105 cm³/mol. The molecule has 2 amide bonds. The smallest absolute Gasteiger partial charge is 0.233 e. The van der Waals surface area contributed by atoms with E-state index in [1.54, 1.807) is 12.0 Å². The first-order valence-electron chi connectivity index (χ1n) is 8.49. The Labute approximate surface area is 165 Å². The van der Waals surface area contributed by atoms with Crippen LogP contribution in [0.4, 0.5) is 10.8 Å². The first-order valence-corrected chi connectivity index (χ1v) is 10.3. The summed E-state index contributed by atoms with van der Waals surface area (Å²) in [4.78, 5) is 25.3. The number of methoxy groups -OCH3 is 1. The number of nitrogens with one attached hydrogen (secondary N) is 1. The highest BCUT2D eigenvalue weighted by Gasteiger charge is 2.25. The molecule has 0 aliphatic carbocycles. The summed E-state index contributed by atoms with van der Waals surface area (Å²) in [5.41, 5.74) is 6.21. The maximum absolute atomic E-state index is 12.3. The molecule has 1 saturated heterocycles. The van der Waals surface area contributed by atoms with Crippen molar-refractivity contribution < 1.29 is 14.3 Å². The van der Waals surface area contributed by atoms with Crippen LogP contribution < -0.4 is 15.8 Å². The number of thioether (sulfide) groups is 1. The van der Waals surface area contributed by atoms with Crippen LogP contribution in [0.1, 0.15) is 12.8 Å². The van der Waals surface area contributed by atoms with Gasteiger partial charge in [-0.2, -0.15) is 0 Å². The van der Waals surface area contributed by atoms with Crippen molar-refractivity contribution in [2.75, 3.05) is 31.3 Å². The van der Waals surface area contributed by atoms with Crippen molar-refractivity contribution in [2.24, 2.45) is 11.7 Å². The SMILES string of the molecule is COc1ccc(Nc2nnc(SCC(=O)N3CCC(C(N)=O)CC3)s2)cc1. The number of nitrogens with zero attached hydrogens (tertiary/aromatic N) is 3. The number of piperidine rings is 1. The fourth-order valence-electron chi connectivity index (χ4n) is 2.74. The number of rotatable bonds is 7. The van der Waals surface area contributed by atoms with Crippen LogP contribution in [0.15, 0.2) is 28.6 Å². The number of likely N-dealkylation sites (tertiary alicyclic amines) is 1. The Morgan fingerprint density at radius 3 is 2.63 bits per heavy atom. The van der Waals surface area contributed by atoms with Gasteiger partial charge in [0.1, 0.15) is 5.75 Å². The largest absolute Gasteiger partial charge is 0.497 e. The second-order valence-electron chi connectivity index (χ2n) is 6.07. The van der Waals surface area contributed by atoms with Gasteiger partial charge in [-0.15, -0.1) is 10.2 Å². The number of carbonyl (C=O) groups excluding carboxylic acids is 2. The number of hydrogen-bond donors (Lipinski definition) is 2. The van der Waals surface area contributed by atoms with Crippen LogP contribution in [0.5, 0.6) is 5.75 Å². The summed E-state index contributed by atoms with van der Waals surface area (Å²) in [6.45, 7) is 1.15. The maximum Gasteiger partial charge on any atom is 0.233 e. The van der Waals surface area contributed by atoms with Gasteiger partial charge in [0, 0.05) is 24.7 Å². The van der Waals surface area contributed by atoms with Crippen LogP contribution in [0.3, 0.4) is 0 Å². The van der Waals surface area contributed by atoms with Crippen molar-refractivity contribution in [1.29, 1.82) is 0 Å². The molecule has 3 rings (SSSR count). The second-order valence-corrected chi connectivity index (χ2v) is 8.27. The summed E-state index contributed by atoms with van der Waals surface area (Å²) in [6.07, 6.45) is 1.28.